The Morgan fingerprint density at radius 1 is 1.38 bits per heavy atom. The quantitative estimate of drug-likeness (QED) is 0.692. The molecule has 0 atom stereocenters. The average Bonchev–Trinajstić information content (AvgIpc) is 3.33. The third kappa shape index (κ3) is 4.35. The maximum Gasteiger partial charge on any atom is 0.317 e. The Morgan fingerprint density at radius 3 is 2.65 bits per heavy atom. The van der Waals surface area contributed by atoms with Crippen LogP contribution < -0.4 is 4.72 Å². The number of carboxylic acids is 1. The van der Waals surface area contributed by atoms with Crippen molar-refractivity contribution in [2.24, 2.45) is 5.92 Å². The van der Waals surface area contributed by atoms with E-state index < -0.39 is 16.0 Å². The highest BCUT2D eigenvalue weighted by molar-refractivity contribution is 7.89. The molecule has 0 heterocycles. The van der Waals surface area contributed by atoms with Crippen molar-refractivity contribution in [3.63, 3.8) is 0 Å². The summed E-state index contributed by atoms with van der Waals surface area (Å²) in [5.74, 6) is -0.304. The first-order valence-electron chi connectivity index (χ1n) is 8.47. The first kappa shape index (κ1) is 19.1. The molecule has 26 heavy (non-hydrogen) atoms. The van der Waals surface area contributed by atoms with E-state index in [0.29, 0.717) is 18.8 Å². The Bertz CT molecular complexity index is 842. The number of aliphatic carboxylic acids is 1. The summed E-state index contributed by atoms with van der Waals surface area (Å²) in [6.45, 7) is 0.733. The van der Waals surface area contributed by atoms with Crippen LogP contribution in [-0.4, -0.2) is 49.6 Å². The van der Waals surface area contributed by atoms with Crippen LogP contribution in [0.25, 0.3) is 0 Å². The Labute approximate surface area is 157 Å². The van der Waals surface area contributed by atoms with Crippen LogP contribution in [0.4, 0.5) is 0 Å². The van der Waals surface area contributed by atoms with Gasteiger partial charge in [0, 0.05) is 18.6 Å². The average molecular weight is 398 g/mol. The lowest BCUT2D eigenvalue weighted by molar-refractivity contribution is -0.139. The second kappa shape index (κ2) is 7.53. The summed E-state index contributed by atoms with van der Waals surface area (Å²) < 4.78 is 27.8. The van der Waals surface area contributed by atoms with Gasteiger partial charge >= 0.3 is 5.97 Å². The van der Waals surface area contributed by atoms with Crippen LogP contribution in [0.5, 0.6) is 0 Å². The molecule has 9 heteroatoms. The predicted molar refractivity (Wildman–Crippen MR) is 95.2 cm³/mol. The molecule has 140 valence electrons. The summed E-state index contributed by atoms with van der Waals surface area (Å²) in [5, 5.41) is 18.3. The Morgan fingerprint density at radius 2 is 2.08 bits per heavy atom. The van der Waals surface area contributed by atoms with Crippen molar-refractivity contribution in [3.8, 4) is 6.07 Å². The monoisotopic (exact) mass is 397 g/mol. The number of sulfonamides is 1. The second-order valence-electron chi connectivity index (χ2n) is 6.93. The zero-order valence-corrected chi connectivity index (χ0v) is 15.6. The van der Waals surface area contributed by atoms with Crippen LogP contribution in [0.15, 0.2) is 23.1 Å². The number of nitriles is 1. The topological polar surface area (TPSA) is 110 Å². The summed E-state index contributed by atoms with van der Waals surface area (Å²) in [6, 6.07) is 5.94. The first-order valence-corrected chi connectivity index (χ1v) is 10.3. The number of nitrogens with zero attached hydrogens (tertiary/aromatic N) is 2. The zero-order chi connectivity index (χ0) is 18.9. The van der Waals surface area contributed by atoms with Crippen molar-refractivity contribution in [2.45, 2.75) is 42.7 Å². The molecule has 0 bridgehead atoms. The molecule has 0 unspecified atom stereocenters. The molecule has 0 amide bonds. The number of carbonyl (C=O) groups is 1. The summed E-state index contributed by atoms with van der Waals surface area (Å²) in [4.78, 5) is 12.9. The molecule has 0 aliphatic heterocycles. The summed E-state index contributed by atoms with van der Waals surface area (Å²) in [6.07, 6.45) is 3.37. The predicted octanol–water partition coefficient (Wildman–Crippen LogP) is 1.82. The van der Waals surface area contributed by atoms with Gasteiger partial charge in [0.05, 0.1) is 17.1 Å². The molecule has 0 radical (unpaired) electrons. The fourth-order valence-corrected chi connectivity index (χ4v) is 4.96. The lowest BCUT2D eigenvalue weighted by Gasteiger charge is -2.42. The summed E-state index contributed by atoms with van der Waals surface area (Å²) in [7, 11) is -3.86. The van der Waals surface area contributed by atoms with Crippen LogP contribution in [0, 0.1) is 17.2 Å². The van der Waals surface area contributed by atoms with E-state index in [0.717, 1.165) is 19.4 Å². The van der Waals surface area contributed by atoms with Crippen molar-refractivity contribution < 1.29 is 18.3 Å². The van der Waals surface area contributed by atoms with E-state index >= 15 is 0 Å². The molecule has 0 aromatic heterocycles. The van der Waals surface area contributed by atoms with Gasteiger partial charge in [0.1, 0.15) is 11.0 Å². The fourth-order valence-electron chi connectivity index (χ4n) is 3.25. The normalized spacial score (nSPS) is 22.7. The van der Waals surface area contributed by atoms with Gasteiger partial charge < -0.3 is 5.11 Å². The lowest BCUT2D eigenvalue weighted by Crippen LogP contribution is -2.55. The number of nitrogens with one attached hydrogen (secondary N) is 1. The van der Waals surface area contributed by atoms with Gasteiger partial charge in [-0.05, 0) is 43.7 Å². The van der Waals surface area contributed by atoms with Crippen molar-refractivity contribution >= 4 is 27.6 Å². The molecule has 2 fully saturated rings. The van der Waals surface area contributed by atoms with Gasteiger partial charge in [-0.15, -0.1) is 0 Å². The molecule has 2 aliphatic rings. The SMILES string of the molecule is N#Cc1c(Cl)cccc1S(=O)(=O)NC1CC(N(CC(=O)O)CC2CC2)C1. The molecular weight excluding hydrogens is 378 g/mol. The first-order chi connectivity index (χ1) is 12.3. The maximum atomic E-state index is 12.6. The third-order valence-electron chi connectivity index (χ3n) is 4.86. The van der Waals surface area contributed by atoms with Crippen LogP contribution in [0.3, 0.4) is 0 Å². The minimum absolute atomic E-state index is 0.0203. The van der Waals surface area contributed by atoms with Crippen molar-refractivity contribution in [2.75, 3.05) is 13.1 Å². The molecule has 2 saturated carbocycles. The van der Waals surface area contributed by atoms with Gasteiger partial charge in [-0.25, -0.2) is 13.1 Å². The van der Waals surface area contributed by atoms with E-state index in [2.05, 4.69) is 4.72 Å². The minimum atomic E-state index is -3.86. The lowest BCUT2D eigenvalue weighted by atomic mass is 9.86. The summed E-state index contributed by atoms with van der Waals surface area (Å²) >= 11 is 5.91. The van der Waals surface area contributed by atoms with Crippen LogP contribution in [-0.2, 0) is 14.8 Å². The Hall–Kier alpha value is -1.66. The van der Waals surface area contributed by atoms with Crippen molar-refractivity contribution in [3.05, 3.63) is 28.8 Å². The van der Waals surface area contributed by atoms with Gasteiger partial charge in [0.15, 0.2) is 0 Å². The molecule has 1 aromatic rings. The summed E-state index contributed by atoms with van der Waals surface area (Å²) in [5.41, 5.74) is -0.0706. The van der Waals surface area contributed by atoms with E-state index in [1.54, 1.807) is 0 Å². The fraction of sp³-hybridized carbons (Fsp3) is 0.529. The third-order valence-corrected chi connectivity index (χ3v) is 6.73. The number of rotatable bonds is 8. The van der Waals surface area contributed by atoms with Crippen molar-refractivity contribution in [1.29, 1.82) is 5.26 Å². The van der Waals surface area contributed by atoms with Crippen LogP contribution in [0.2, 0.25) is 5.02 Å². The Kier molecular flexibility index (Phi) is 5.53. The maximum absolute atomic E-state index is 12.6. The smallest absolute Gasteiger partial charge is 0.317 e. The van der Waals surface area contributed by atoms with Crippen molar-refractivity contribution in [1.82, 2.24) is 9.62 Å². The molecule has 2 aliphatic carbocycles. The molecule has 0 saturated heterocycles. The van der Waals surface area contributed by atoms with E-state index in [-0.39, 0.29) is 34.1 Å². The van der Waals surface area contributed by atoms with Gasteiger partial charge in [-0.1, -0.05) is 17.7 Å². The highest BCUT2D eigenvalue weighted by atomic mass is 35.5. The van der Waals surface area contributed by atoms with Crippen LogP contribution >= 0.6 is 11.6 Å². The van der Waals surface area contributed by atoms with E-state index in [9.17, 15) is 13.2 Å². The largest absolute Gasteiger partial charge is 0.480 e. The van der Waals surface area contributed by atoms with Gasteiger partial charge in [0.2, 0.25) is 10.0 Å². The number of halogens is 1. The molecule has 7 nitrogen and oxygen atoms in total. The van der Waals surface area contributed by atoms with Gasteiger partial charge in [-0.3, -0.25) is 9.69 Å². The Balaban J connectivity index is 1.63. The number of carboxylic acid groups (broad SMARTS) is 1. The molecule has 0 spiro atoms. The molecule has 3 rings (SSSR count). The minimum Gasteiger partial charge on any atom is -0.480 e. The zero-order valence-electron chi connectivity index (χ0n) is 14.1. The van der Waals surface area contributed by atoms with E-state index in [1.165, 1.54) is 18.2 Å². The van der Waals surface area contributed by atoms with Gasteiger partial charge in [0.25, 0.3) is 0 Å². The number of hydrogen-bond donors (Lipinski definition) is 2. The standard InChI is InChI=1S/C17H20ClN3O4S/c18-15-2-1-3-16(14(15)8-19)26(24,25)20-12-6-13(7-12)21(10-17(22)23)9-11-4-5-11/h1-3,11-13,20H,4-7,9-10H2,(H,22,23). The molecular formula is C17H20ClN3O4S. The van der Waals surface area contributed by atoms with Gasteiger partial charge in [-0.2, -0.15) is 5.26 Å². The van der Waals surface area contributed by atoms with E-state index in [1.807, 2.05) is 11.0 Å². The highest BCUT2D eigenvalue weighted by Crippen LogP contribution is 2.34. The van der Waals surface area contributed by atoms with E-state index in [4.69, 9.17) is 22.0 Å². The molecule has 2 N–H and O–H groups in total. The second-order valence-corrected chi connectivity index (χ2v) is 9.02. The highest BCUT2D eigenvalue weighted by Gasteiger charge is 2.39. The van der Waals surface area contributed by atoms with Crippen LogP contribution in [0.1, 0.15) is 31.2 Å². The number of benzene rings is 1. The number of hydrogen-bond acceptors (Lipinski definition) is 5. The molecule has 1 aromatic carbocycles.